The van der Waals surface area contributed by atoms with Gasteiger partial charge < -0.3 is 18.1 Å². The normalized spacial score (nSPS) is 11.5. The summed E-state index contributed by atoms with van der Waals surface area (Å²) in [6, 6.07) is 40.1. The van der Waals surface area contributed by atoms with Crippen molar-refractivity contribution < 1.29 is 18.1 Å². The number of rotatable bonds is 19. The zero-order chi connectivity index (χ0) is 43.2. The molecule has 64 heavy (non-hydrogen) atoms. The van der Waals surface area contributed by atoms with E-state index < -0.39 is 33.8 Å². The molecule has 10 aromatic rings. The van der Waals surface area contributed by atoms with Gasteiger partial charge in [-0.3, -0.25) is 34.7 Å². The molecule has 0 saturated carbocycles. The lowest BCUT2D eigenvalue weighted by Crippen LogP contribution is -2.09. The van der Waals surface area contributed by atoms with Crippen LogP contribution in [0.1, 0.15) is 11.1 Å². The minimum absolute atomic E-state index is 0.537. The van der Waals surface area contributed by atoms with Gasteiger partial charge in [-0.1, -0.05) is 25.3 Å². The second-order valence-electron chi connectivity index (χ2n) is 14.1. The molecule has 0 aliphatic carbocycles. The van der Waals surface area contributed by atoms with E-state index in [9.17, 15) is 0 Å². The van der Waals surface area contributed by atoms with Crippen molar-refractivity contribution in [3.05, 3.63) is 245 Å². The zero-order valence-electron chi connectivity index (χ0n) is 34.4. The lowest BCUT2D eigenvalue weighted by molar-refractivity contribution is 0.555. The summed E-state index contributed by atoms with van der Waals surface area (Å²) in [7, 11) is -6.12. The Hall–Kier alpha value is -6.92. The van der Waals surface area contributed by atoms with Crippen molar-refractivity contribution >= 4 is 46.0 Å². The maximum atomic E-state index is 7.42. The van der Waals surface area contributed by atoms with Gasteiger partial charge in [-0.2, -0.15) is 0 Å². The molecule has 0 amide bonds. The van der Waals surface area contributed by atoms with Crippen molar-refractivity contribution in [3.63, 3.8) is 0 Å². The molecule has 318 valence electrons. The third-order valence-electron chi connectivity index (χ3n) is 9.91. The summed E-state index contributed by atoms with van der Waals surface area (Å²) >= 11 is 0. The Labute approximate surface area is 376 Å². The average molecular weight is 919 g/mol. The van der Waals surface area contributed by atoms with Gasteiger partial charge in [-0.25, -0.2) is 0 Å². The Morgan fingerprint density at radius 1 is 0.281 bits per heavy atom. The van der Waals surface area contributed by atoms with Gasteiger partial charge in [0.15, 0.2) is 0 Å². The van der Waals surface area contributed by atoms with E-state index in [-0.39, 0.29) is 0 Å². The predicted molar refractivity (Wildman–Crippen MR) is 261 cm³/mol. The van der Waals surface area contributed by atoms with Crippen molar-refractivity contribution in [2.75, 3.05) is 0 Å². The molecule has 10 rings (SSSR count). The van der Waals surface area contributed by atoms with Gasteiger partial charge >= 0.3 is 33.8 Å². The SMILES string of the molecule is C=Cc1cc(OP(n2cccc2)n2cccc2)c(-c2c(OP(n3cccc3)n3cccc3)cc(C=C)cc2OP(n2cccc2)n2cccc2)c(OP(n2cccc2)n2cccc2)c1. The first-order chi connectivity index (χ1) is 31.6. The van der Waals surface area contributed by atoms with E-state index in [4.69, 9.17) is 18.1 Å². The van der Waals surface area contributed by atoms with Gasteiger partial charge in [0.2, 0.25) is 0 Å². The molecule has 0 unspecified atom stereocenters. The van der Waals surface area contributed by atoms with Crippen LogP contribution < -0.4 is 18.1 Å². The van der Waals surface area contributed by atoms with Crippen LogP contribution in [0.5, 0.6) is 23.0 Å². The summed E-state index contributed by atoms with van der Waals surface area (Å²) < 4.78 is 46.3. The zero-order valence-corrected chi connectivity index (χ0v) is 37.9. The Morgan fingerprint density at radius 2 is 0.438 bits per heavy atom. The first kappa shape index (κ1) is 41.1. The molecular formula is C48H42N8O4P4. The molecule has 0 fully saturated rings. The van der Waals surface area contributed by atoms with E-state index in [2.05, 4.69) is 47.9 Å². The number of benzene rings is 2. The number of hydrogen-bond donors (Lipinski definition) is 0. The monoisotopic (exact) mass is 918 g/mol. The van der Waals surface area contributed by atoms with Gasteiger partial charge in [-0.05, 0) is 132 Å². The van der Waals surface area contributed by atoms with Crippen LogP contribution in [-0.2, 0) is 0 Å². The van der Waals surface area contributed by atoms with Gasteiger partial charge in [0, 0.05) is 99.1 Å². The molecule has 8 aromatic heterocycles. The second kappa shape index (κ2) is 18.8. The molecule has 16 heteroatoms. The van der Waals surface area contributed by atoms with Gasteiger partial charge in [0.05, 0.1) is 11.1 Å². The van der Waals surface area contributed by atoms with Crippen LogP contribution >= 0.6 is 33.8 Å². The Balaban J connectivity index is 1.27. The fourth-order valence-electron chi connectivity index (χ4n) is 6.96. The molecule has 0 bridgehead atoms. The number of hydrogen-bond acceptors (Lipinski definition) is 4. The quantitative estimate of drug-likeness (QED) is 0.0757. The molecule has 0 saturated heterocycles. The van der Waals surface area contributed by atoms with E-state index in [1.807, 2.05) is 233 Å². The Kier molecular flexibility index (Phi) is 12.1. The largest absolute Gasteiger partial charge is 0.435 e. The van der Waals surface area contributed by atoms with Crippen molar-refractivity contribution in [3.8, 4) is 34.1 Å². The minimum atomic E-state index is -1.53. The van der Waals surface area contributed by atoms with Crippen LogP contribution in [0.4, 0.5) is 0 Å². The highest BCUT2D eigenvalue weighted by atomic mass is 31.2. The number of nitrogens with zero attached hydrogens (tertiary/aromatic N) is 8. The second-order valence-corrected chi connectivity index (χ2v) is 20.5. The average Bonchev–Trinajstić information content (AvgIpc) is 4.17. The van der Waals surface area contributed by atoms with Crippen LogP contribution in [0.25, 0.3) is 23.3 Å². The first-order valence-electron chi connectivity index (χ1n) is 20.2. The van der Waals surface area contributed by atoms with Gasteiger partial charge in [0.1, 0.15) is 23.0 Å². The Morgan fingerprint density at radius 3 is 0.578 bits per heavy atom. The van der Waals surface area contributed by atoms with Gasteiger partial charge in [-0.15, -0.1) is 0 Å². The lowest BCUT2D eigenvalue weighted by Gasteiger charge is -2.29. The standard InChI is InChI=1S/C48H42N8O4P4/c1-3-41-37-43(57-61(49-21-5-6-22-49)50-23-7-8-24-50)47(44(38-41)58-62(51-25-9-10-26-51)52-27-11-12-28-52)48-45(59-63(53-29-13-14-30-53)54-31-15-16-32-54)39-42(4-2)40-46(48)60-64(55-33-17-18-34-55)56-35-19-20-36-56/h3-40H,1-2H2. The van der Waals surface area contributed by atoms with Crippen molar-refractivity contribution in [1.29, 1.82) is 0 Å². The van der Waals surface area contributed by atoms with E-state index >= 15 is 0 Å². The highest BCUT2D eigenvalue weighted by Gasteiger charge is 2.32. The maximum Gasteiger partial charge on any atom is 0.317 e. The molecule has 2 aromatic carbocycles. The molecule has 0 spiro atoms. The van der Waals surface area contributed by atoms with E-state index in [1.54, 1.807) is 0 Å². The molecule has 0 atom stereocenters. The fourth-order valence-corrected chi connectivity index (χ4v) is 13.0. The molecule has 0 aliphatic heterocycles. The molecular weight excluding hydrogens is 876 g/mol. The van der Waals surface area contributed by atoms with Crippen molar-refractivity contribution in [2.24, 2.45) is 0 Å². The molecule has 0 radical (unpaired) electrons. The van der Waals surface area contributed by atoms with Crippen LogP contribution in [0.2, 0.25) is 0 Å². The van der Waals surface area contributed by atoms with Crippen LogP contribution in [0, 0.1) is 0 Å². The minimum Gasteiger partial charge on any atom is -0.435 e. The Bertz CT molecular complexity index is 2470. The fraction of sp³-hybridized carbons (Fsp3) is 0. The van der Waals surface area contributed by atoms with Crippen molar-refractivity contribution in [2.45, 2.75) is 0 Å². The lowest BCUT2D eigenvalue weighted by atomic mass is 9.97. The number of aromatic nitrogens is 8. The topological polar surface area (TPSA) is 76.4 Å². The summed E-state index contributed by atoms with van der Waals surface area (Å²) in [5, 5.41) is 0. The van der Waals surface area contributed by atoms with Crippen molar-refractivity contribution in [1.82, 2.24) is 34.7 Å². The molecule has 0 N–H and O–H groups in total. The molecule has 0 aliphatic rings. The highest BCUT2D eigenvalue weighted by Crippen LogP contribution is 2.59. The van der Waals surface area contributed by atoms with E-state index in [0.717, 1.165) is 11.1 Å². The third kappa shape index (κ3) is 8.57. The van der Waals surface area contributed by atoms with Crippen LogP contribution in [0.15, 0.2) is 234 Å². The third-order valence-corrected chi connectivity index (χ3v) is 16.6. The molecule has 12 nitrogen and oxygen atoms in total. The smallest absolute Gasteiger partial charge is 0.317 e. The summed E-state index contributed by atoms with van der Waals surface area (Å²) in [6.45, 7) is 8.47. The maximum absolute atomic E-state index is 7.42. The van der Waals surface area contributed by atoms with Crippen LogP contribution in [-0.4, -0.2) is 34.7 Å². The molecule has 8 heterocycles. The first-order valence-corrected chi connectivity index (χ1v) is 24.9. The summed E-state index contributed by atoms with van der Waals surface area (Å²) in [4.78, 5) is 0. The summed E-state index contributed by atoms with van der Waals surface area (Å²) in [6.07, 6.45) is 35.9. The van der Waals surface area contributed by atoms with Gasteiger partial charge in [0.25, 0.3) is 0 Å². The van der Waals surface area contributed by atoms with E-state index in [0.29, 0.717) is 34.1 Å². The predicted octanol–water partition coefficient (Wildman–Crippen LogP) is 13.9. The highest BCUT2D eigenvalue weighted by molar-refractivity contribution is 7.50. The van der Waals surface area contributed by atoms with Crippen LogP contribution in [0.3, 0.4) is 0 Å². The summed E-state index contributed by atoms with van der Waals surface area (Å²) in [5.41, 5.74) is 2.87. The van der Waals surface area contributed by atoms with E-state index in [1.165, 1.54) is 0 Å². The summed E-state index contributed by atoms with van der Waals surface area (Å²) in [5.74, 6) is 2.15.